The first-order valence-electron chi connectivity index (χ1n) is 10.2. The molecule has 0 spiro atoms. The Labute approximate surface area is 186 Å². The number of carboxylic acid groups (broad SMARTS) is 2. The molecule has 0 fully saturated rings. The van der Waals surface area contributed by atoms with Gasteiger partial charge in [0.05, 0.1) is 0 Å². The van der Waals surface area contributed by atoms with Crippen molar-refractivity contribution >= 4 is 39.2 Å². The first-order valence-corrected chi connectivity index (χ1v) is 10.2. The van der Waals surface area contributed by atoms with E-state index in [1.165, 1.54) is 38.5 Å². The van der Waals surface area contributed by atoms with Crippen LogP contribution in [0.5, 0.6) is 0 Å². The van der Waals surface area contributed by atoms with Gasteiger partial charge >= 0.3 is 27.3 Å². The summed E-state index contributed by atoms with van der Waals surface area (Å²) in [5.41, 5.74) is 0. The van der Waals surface area contributed by atoms with Crippen molar-refractivity contribution in [2.24, 2.45) is 0 Å². The largest absolute Gasteiger partial charge is 2.00 e. The number of hydrogen-bond acceptors (Lipinski definition) is 4. The number of unbranched alkanes of at least 4 members (excludes halogenated alkanes) is 12. The van der Waals surface area contributed by atoms with E-state index in [0.29, 0.717) is 0 Å². The van der Waals surface area contributed by atoms with Crippen molar-refractivity contribution < 1.29 is 19.8 Å². The minimum atomic E-state index is -0.924. The summed E-state index contributed by atoms with van der Waals surface area (Å²) in [5.74, 6) is -1.85. The first kappa shape index (κ1) is 31.0. The van der Waals surface area contributed by atoms with E-state index in [2.05, 4.69) is 13.2 Å². The van der Waals surface area contributed by atoms with Crippen molar-refractivity contribution in [3.05, 3.63) is 25.3 Å². The molecule has 2 radical (unpaired) electrons. The average Bonchev–Trinajstić information content (AvgIpc) is 2.60. The van der Waals surface area contributed by atoms with Crippen molar-refractivity contribution in [2.45, 2.75) is 103 Å². The molecular weight excluding hydrogens is 535 g/mol. The molecule has 154 valence electrons. The monoisotopic (exact) mass is 574 g/mol. The maximum absolute atomic E-state index is 10.1. The van der Waals surface area contributed by atoms with Gasteiger partial charge in [0.2, 0.25) is 0 Å². The van der Waals surface area contributed by atoms with Crippen LogP contribution in [0.25, 0.3) is 0 Å². The molecule has 0 heterocycles. The van der Waals surface area contributed by atoms with Crippen LogP contribution in [0.15, 0.2) is 25.3 Å². The summed E-state index contributed by atoms with van der Waals surface area (Å²) in [7, 11) is 0. The summed E-state index contributed by atoms with van der Waals surface area (Å²) in [5, 5.41) is 20.1. The van der Waals surface area contributed by atoms with E-state index < -0.39 is 11.9 Å². The molecule has 0 bridgehead atoms. The van der Waals surface area contributed by atoms with Crippen LogP contribution in [0.3, 0.4) is 0 Å². The van der Waals surface area contributed by atoms with Crippen LogP contribution in [0.2, 0.25) is 0 Å². The summed E-state index contributed by atoms with van der Waals surface area (Å²) in [6.45, 7) is 7.31. The van der Waals surface area contributed by atoms with Gasteiger partial charge in [0.15, 0.2) is 0 Å². The molecular formula is C22H38O4Pb. The fraction of sp³-hybridized carbons (Fsp3) is 0.727. The zero-order valence-electron chi connectivity index (χ0n) is 17.0. The third-order valence-corrected chi connectivity index (χ3v) is 4.08. The molecule has 0 aliphatic heterocycles. The summed E-state index contributed by atoms with van der Waals surface area (Å²) in [4.78, 5) is 20.1. The number of rotatable bonds is 18. The molecule has 0 saturated heterocycles. The topological polar surface area (TPSA) is 80.3 Å². The van der Waals surface area contributed by atoms with Gasteiger partial charge in [0.1, 0.15) is 0 Å². The fourth-order valence-electron chi connectivity index (χ4n) is 2.53. The molecule has 4 nitrogen and oxygen atoms in total. The van der Waals surface area contributed by atoms with E-state index in [0.717, 1.165) is 51.4 Å². The molecule has 0 amide bonds. The van der Waals surface area contributed by atoms with Crippen LogP contribution in [-0.2, 0) is 9.59 Å². The quantitative estimate of drug-likeness (QED) is 0.142. The Bertz CT molecular complexity index is 322. The summed E-state index contributed by atoms with van der Waals surface area (Å²) in [6, 6.07) is 0. The molecule has 0 unspecified atom stereocenters. The molecule has 0 aliphatic carbocycles. The molecule has 0 aromatic rings. The van der Waals surface area contributed by atoms with E-state index in [4.69, 9.17) is 0 Å². The van der Waals surface area contributed by atoms with Gasteiger partial charge in [-0.25, -0.2) is 0 Å². The SMILES string of the molecule is C=CCCCCCCCCC(=O)[O-].C=CCCCCCCCCC(=O)[O-].[Pb+2]. The minimum absolute atomic E-state index is 0. The van der Waals surface area contributed by atoms with E-state index in [9.17, 15) is 19.8 Å². The smallest absolute Gasteiger partial charge is 0.550 e. The van der Waals surface area contributed by atoms with Gasteiger partial charge in [0.25, 0.3) is 0 Å². The molecule has 0 N–H and O–H groups in total. The molecule has 27 heavy (non-hydrogen) atoms. The Hall–Kier alpha value is -0.658. The number of hydrogen-bond donors (Lipinski definition) is 0. The predicted octanol–water partition coefficient (Wildman–Crippen LogP) is 3.71. The van der Waals surface area contributed by atoms with Gasteiger partial charge in [-0.1, -0.05) is 63.5 Å². The average molecular weight is 574 g/mol. The van der Waals surface area contributed by atoms with Crippen LogP contribution in [0.1, 0.15) is 103 Å². The maximum atomic E-state index is 10.1. The summed E-state index contributed by atoms with van der Waals surface area (Å²) >= 11 is 0. The van der Waals surface area contributed by atoms with Gasteiger partial charge in [-0.05, 0) is 51.4 Å². The fourth-order valence-corrected chi connectivity index (χ4v) is 2.53. The zero-order chi connectivity index (χ0) is 19.9. The second kappa shape index (κ2) is 27.6. The molecule has 0 atom stereocenters. The molecule has 5 heteroatoms. The Balaban J connectivity index is -0.000000411. The third-order valence-electron chi connectivity index (χ3n) is 4.08. The Morgan fingerprint density at radius 1 is 0.556 bits per heavy atom. The standard InChI is InChI=1S/2C11H20O2.Pb/c2*1-2-3-4-5-6-7-8-9-10-11(12)13;/h2*2H,1,3-10H2,(H,12,13);/q;;+2/p-2. The van der Waals surface area contributed by atoms with E-state index in [-0.39, 0.29) is 40.1 Å². The van der Waals surface area contributed by atoms with Crippen LogP contribution in [-0.4, -0.2) is 39.2 Å². The third kappa shape index (κ3) is 36.9. The summed E-state index contributed by atoms with van der Waals surface area (Å²) in [6.07, 6.45) is 19.7. The zero-order valence-corrected chi connectivity index (χ0v) is 20.9. The van der Waals surface area contributed by atoms with Crippen molar-refractivity contribution in [2.75, 3.05) is 0 Å². The molecule has 0 aliphatic rings. The second-order valence-electron chi connectivity index (χ2n) is 6.64. The van der Waals surface area contributed by atoms with E-state index in [1.54, 1.807) is 0 Å². The van der Waals surface area contributed by atoms with E-state index in [1.807, 2.05) is 12.2 Å². The van der Waals surface area contributed by atoms with Crippen molar-refractivity contribution in [3.63, 3.8) is 0 Å². The van der Waals surface area contributed by atoms with E-state index >= 15 is 0 Å². The van der Waals surface area contributed by atoms with Crippen LogP contribution >= 0.6 is 0 Å². The van der Waals surface area contributed by atoms with Gasteiger partial charge in [-0.2, -0.15) is 0 Å². The number of carbonyl (C=O) groups excluding carboxylic acids is 2. The second-order valence-corrected chi connectivity index (χ2v) is 6.64. The van der Waals surface area contributed by atoms with Crippen molar-refractivity contribution in [3.8, 4) is 0 Å². The molecule has 0 rings (SSSR count). The van der Waals surface area contributed by atoms with Gasteiger partial charge in [-0.15, -0.1) is 13.2 Å². The molecule has 0 aromatic carbocycles. The normalized spacial score (nSPS) is 9.48. The number of carbonyl (C=O) groups is 2. The van der Waals surface area contributed by atoms with Gasteiger partial charge < -0.3 is 19.8 Å². The Morgan fingerprint density at radius 2 is 0.815 bits per heavy atom. The first-order chi connectivity index (χ1) is 12.5. The predicted molar refractivity (Wildman–Crippen MR) is 110 cm³/mol. The van der Waals surface area contributed by atoms with Crippen molar-refractivity contribution in [1.82, 2.24) is 0 Å². The minimum Gasteiger partial charge on any atom is -0.550 e. The number of allylic oxidation sites excluding steroid dienone is 2. The Morgan fingerprint density at radius 3 is 1.07 bits per heavy atom. The van der Waals surface area contributed by atoms with Crippen LogP contribution in [0, 0.1) is 0 Å². The number of carboxylic acids is 2. The molecule has 0 aromatic heterocycles. The molecule has 0 saturated carbocycles. The maximum Gasteiger partial charge on any atom is 2.00 e. The van der Waals surface area contributed by atoms with Crippen LogP contribution in [0.4, 0.5) is 0 Å². The van der Waals surface area contributed by atoms with Gasteiger partial charge in [-0.3, -0.25) is 0 Å². The Kier molecular flexibility index (Phi) is 31.7. The van der Waals surface area contributed by atoms with Crippen LogP contribution < -0.4 is 10.2 Å². The number of aliphatic carboxylic acids is 2. The van der Waals surface area contributed by atoms with Gasteiger partial charge in [0, 0.05) is 11.9 Å². The summed E-state index contributed by atoms with van der Waals surface area (Å²) < 4.78 is 0. The van der Waals surface area contributed by atoms with Crippen molar-refractivity contribution in [1.29, 1.82) is 0 Å².